The molecule has 0 saturated carbocycles. The van der Waals surface area contributed by atoms with Gasteiger partial charge in [0.25, 0.3) is 0 Å². The van der Waals surface area contributed by atoms with Gasteiger partial charge in [0.15, 0.2) is 0 Å². The van der Waals surface area contributed by atoms with Crippen LogP contribution in [0.5, 0.6) is 5.75 Å². The number of carbonyl (C=O) groups excluding carboxylic acids is 2. The van der Waals surface area contributed by atoms with Gasteiger partial charge in [0.2, 0.25) is 0 Å². The number of hydrogen-bond acceptors (Lipinski definition) is 4. The maximum Gasteiger partial charge on any atom is 0.343 e. The first-order valence-corrected chi connectivity index (χ1v) is 11.7. The van der Waals surface area contributed by atoms with Crippen LogP contribution in [0.2, 0.25) is 0 Å². The van der Waals surface area contributed by atoms with E-state index < -0.39 is 0 Å². The summed E-state index contributed by atoms with van der Waals surface area (Å²) in [6.07, 6.45) is 4.28. The van der Waals surface area contributed by atoms with E-state index in [1.807, 2.05) is 48.5 Å². The summed E-state index contributed by atoms with van der Waals surface area (Å²) in [6, 6.07) is 22.3. The molecule has 1 atom stereocenters. The van der Waals surface area contributed by atoms with Gasteiger partial charge in [-0.25, -0.2) is 9.59 Å². The van der Waals surface area contributed by atoms with Crippen molar-refractivity contribution in [3.05, 3.63) is 89.5 Å². The molecule has 0 saturated heterocycles. The van der Waals surface area contributed by atoms with Gasteiger partial charge in [-0.05, 0) is 71.8 Å². The highest BCUT2D eigenvalue weighted by atomic mass is 16.5. The number of hydrogen-bond donors (Lipinski definition) is 0. The Labute approximate surface area is 196 Å². The van der Waals surface area contributed by atoms with Crippen LogP contribution < -0.4 is 4.74 Å². The summed E-state index contributed by atoms with van der Waals surface area (Å²) in [6.45, 7) is 6.73. The zero-order valence-electron chi connectivity index (χ0n) is 19.7. The maximum absolute atomic E-state index is 12.4. The lowest BCUT2D eigenvalue weighted by Crippen LogP contribution is -2.11. The largest absolute Gasteiger partial charge is 0.462 e. The molecule has 0 aliphatic heterocycles. The molecule has 0 radical (unpaired) electrons. The summed E-state index contributed by atoms with van der Waals surface area (Å²) < 4.78 is 10.9. The van der Waals surface area contributed by atoms with Crippen molar-refractivity contribution in [3.8, 4) is 16.9 Å². The van der Waals surface area contributed by atoms with Crippen molar-refractivity contribution < 1.29 is 19.1 Å². The van der Waals surface area contributed by atoms with Crippen LogP contribution in [-0.4, -0.2) is 18.5 Å². The molecule has 4 nitrogen and oxygen atoms in total. The molecule has 0 aliphatic carbocycles. The van der Waals surface area contributed by atoms with Crippen LogP contribution in [0.15, 0.2) is 72.8 Å². The molecule has 0 heterocycles. The quantitative estimate of drug-likeness (QED) is 0.247. The Balaban J connectivity index is 1.58. The molecule has 0 fully saturated rings. The first kappa shape index (κ1) is 24.2. The predicted octanol–water partition coefficient (Wildman–Crippen LogP) is 7.12. The second-order valence-corrected chi connectivity index (χ2v) is 8.40. The van der Waals surface area contributed by atoms with E-state index in [1.54, 1.807) is 24.3 Å². The van der Waals surface area contributed by atoms with Gasteiger partial charge in [0.05, 0.1) is 17.7 Å². The molecule has 0 N–H and O–H groups in total. The number of ether oxygens (including phenoxy) is 2. The van der Waals surface area contributed by atoms with Crippen LogP contribution in [0.1, 0.15) is 66.3 Å². The number of carbonyl (C=O) groups is 2. The van der Waals surface area contributed by atoms with Gasteiger partial charge in [0.1, 0.15) is 5.75 Å². The van der Waals surface area contributed by atoms with Crippen LogP contribution in [0.4, 0.5) is 0 Å². The number of aryl methyl sites for hydroxylation is 1. The van der Waals surface area contributed by atoms with E-state index in [1.165, 1.54) is 5.56 Å². The Morgan fingerprint density at radius 1 is 0.758 bits per heavy atom. The minimum atomic E-state index is -0.370. The van der Waals surface area contributed by atoms with Crippen LogP contribution in [0.3, 0.4) is 0 Å². The average Bonchev–Trinajstić information content (AvgIpc) is 2.86. The van der Waals surface area contributed by atoms with Crippen molar-refractivity contribution in [1.82, 2.24) is 0 Å². The van der Waals surface area contributed by atoms with Crippen molar-refractivity contribution in [2.75, 3.05) is 6.61 Å². The molecule has 3 aromatic rings. The Hall–Kier alpha value is -3.40. The van der Waals surface area contributed by atoms with Gasteiger partial charge < -0.3 is 9.47 Å². The Bertz CT molecular complexity index is 1030. The first-order valence-electron chi connectivity index (χ1n) is 11.7. The van der Waals surface area contributed by atoms with E-state index in [4.69, 9.17) is 9.47 Å². The number of rotatable bonds is 10. The Kier molecular flexibility index (Phi) is 8.82. The highest BCUT2D eigenvalue weighted by Gasteiger charge is 2.11. The second kappa shape index (κ2) is 12.0. The summed E-state index contributed by atoms with van der Waals surface area (Å²) in [4.78, 5) is 24.6. The standard InChI is InChI=1S/C29H32O4/c1-4-6-7-22-8-10-26(11-9-22)29(31)33-27-18-16-24(17-19-27)23-12-14-25(15-13-23)28(30)32-20-21(3)5-2/h8-19,21H,4-7,20H2,1-3H3. The summed E-state index contributed by atoms with van der Waals surface area (Å²) in [5, 5.41) is 0. The lowest BCUT2D eigenvalue weighted by molar-refractivity contribution is 0.0447. The molecule has 0 bridgehead atoms. The molecule has 0 spiro atoms. The molecule has 0 aromatic heterocycles. The van der Waals surface area contributed by atoms with Gasteiger partial charge >= 0.3 is 11.9 Å². The van der Waals surface area contributed by atoms with E-state index >= 15 is 0 Å². The minimum absolute atomic E-state index is 0.303. The van der Waals surface area contributed by atoms with Gasteiger partial charge in [-0.1, -0.05) is 70.0 Å². The third-order valence-corrected chi connectivity index (χ3v) is 5.72. The number of unbranched alkanes of at least 4 members (excludes halogenated alkanes) is 1. The molecular weight excluding hydrogens is 412 g/mol. The molecule has 0 aliphatic rings. The molecular formula is C29H32O4. The highest BCUT2D eigenvalue weighted by Crippen LogP contribution is 2.24. The molecule has 0 amide bonds. The summed E-state index contributed by atoms with van der Waals surface area (Å²) in [7, 11) is 0. The maximum atomic E-state index is 12.4. The molecule has 4 heteroatoms. The molecule has 3 rings (SSSR count). The number of benzene rings is 3. The minimum Gasteiger partial charge on any atom is -0.462 e. The lowest BCUT2D eigenvalue weighted by atomic mass is 10.0. The zero-order valence-corrected chi connectivity index (χ0v) is 19.7. The molecule has 33 heavy (non-hydrogen) atoms. The highest BCUT2D eigenvalue weighted by molar-refractivity contribution is 5.91. The van der Waals surface area contributed by atoms with E-state index in [0.717, 1.165) is 36.8 Å². The fourth-order valence-electron chi connectivity index (χ4n) is 3.29. The van der Waals surface area contributed by atoms with Crippen LogP contribution in [0, 0.1) is 5.92 Å². The van der Waals surface area contributed by atoms with Crippen molar-refractivity contribution in [2.45, 2.75) is 46.5 Å². The smallest absolute Gasteiger partial charge is 0.343 e. The van der Waals surface area contributed by atoms with Gasteiger partial charge in [-0.3, -0.25) is 0 Å². The first-order chi connectivity index (χ1) is 16.0. The third kappa shape index (κ3) is 7.04. The summed E-state index contributed by atoms with van der Waals surface area (Å²) in [5.74, 6) is 0.169. The van der Waals surface area contributed by atoms with Crippen LogP contribution in [0.25, 0.3) is 11.1 Å². The van der Waals surface area contributed by atoms with Crippen LogP contribution >= 0.6 is 0 Å². The van der Waals surface area contributed by atoms with Gasteiger partial charge in [0, 0.05) is 0 Å². The zero-order chi connectivity index (χ0) is 23.6. The third-order valence-electron chi connectivity index (χ3n) is 5.72. The fraction of sp³-hybridized carbons (Fsp3) is 0.310. The Morgan fingerprint density at radius 2 is 1.30 bits per heavy atom. The molecule has 172 valence electrons. The van der Waals surface area contributed by atoms with Crippen molar-refractivity contribution in [3.63, 3.8) is 0 Å². The van der Waals surface area contributed by atoms with E-state index in [-0.39, 0.29) is 11.9 Å². The van der Waals surface area contributed by atoms with E-state index in [2.05, 4.69) is 20.8 Å². The predicted molar refractivity (Wildman–Crippen MR) is 132 cm³/mol. The van der Waals surface area contributed by atoms with Crippen molar-refractivity contribution >= 4 is 11.9 Å². The average molecular weight is 445 g/mol. The monoisotopic (exact) mass is 444 g/mol. The van der Waals surface area contributed by atoms with Gasteiger partial charge in [-0.2, -0.15) is 0 Å². The van der Waals surface area contributed by atoms with Gasteiger partial charge in [-0.15, -0.1) is 0 Å². The van der Waals surface area contributed by atoms with Crippen molar-refractivity contribution in [1.29, 1.82) is 0 Å². The Morgan fingerprint density at radius 3 is 1.88 bits per heavy atom. The topological polar surface area (TPSA) is 52.6 Å². The molecule has 3 aromatic carbocycles. The summed E-state index contributed by atoms with van der Waals surface area (Å²) >= 11 is 0. The normalized spacial score (nSPS) is 11.6. The van der Waals surface area contributed by atoms with E-state index in [9.17, 15) is 9.59 Å². The van der Waals surface area contributed by atoms with Crippen LogP contribution in [-0.2, 0) is 11.2 Å². The lowest BCUT2D eigenvalue weighted by Gasteiger charge is -2.10. The number of esters is 2. The second-order valence-electron chi connectivity index (χ2n) is 8.40. The van der Waals surface area contributed by atoms with Crippen molar-refractivity contribution in [2.24, 2.45) is 5.92 Å². The fourth-order valence-corrected chi connectivity index (χ4v) is 3.29. The SMILES string of the molecule is CCCCc1ccc(C(=O)Oc2ccc(-c3ccc(C(=O)OCC(C)CC)cc3)cc2)cc1. The summed E-state index contributed by atoms with van der Waals surface area (Å²) in [5.41, 5.74) is 4.24. The molecule has 1 unspecified atom stereocenters. The van der Waals surface area contributed by atoms with E-state index in [0.29, 0.717) is 29.4 Å².